The number of urea groups is 1. The number of ether oxygens (including phenoxy) is 1. The molecule has 1 saturated heterocycles. The first-order chi connectivity index (χ1) is 12.8. The fraction of sp³-hybridized carbons (Fsp3) is 0.263. The molecule has 1 N–H and O–H groups in total. The van der Waals surface area contributed by atoms with Gasteiger partial charge in [0.2, 0.25) is 0 Å². The van der Waals surface area contributed by atoms with E-state index in [-0.39, 0.29) is 17.7 Å². The molecule has 0 radical (unpaired) electrons. The molecule has 0 aliphatic carbocycles. The molecular formula is C19H16F3N3O2. The van der Waals surface area contributed by atoms with E-state index in [1.807, 2.05) is 6.07 Å². The standard InChI is InChI=1S/C19H16F3N3O2/c20-19(21,22)27-17-7-2-1-5-15(17)8-14-11-25(12-14)18(26)24-16-6-3-4-13(9-16)10-23/h1-7,9,14H,8,11-12H2,(H,24,26). The van der Waals surface area contributed by atoms with Crippen molar-refractivity contribution in [2.24, 2.45) is 5.92 Å². The van der Waals surface area contributed by atoms with Gasteiger partial charge in [-0.25, -0.2) is 4.79 Å². The van der Waals surface area contributed by atoms with Gasteiger partial charge in [0.25, 0.3) is 0 Å². The number of anilines is 1. The van der Waals surface area contributed by atoms with Crippen LogP contribution in [-0.2, 0) is 6.42 Å². The summed E-state index contributed by atoms with van der Waals surface area (Å²) in [6.45, 7) is 0.869. The summed E-state index contributed by atoms with van der Waals surface area (Å²) in [4.78, 5) is 13.8. The Balaban J connectivity index is 1.54. The Morgan fingerprint density at radius 2 is 1.96 bits per heavy atom. The van der Waals surface area contributed by atoms with Gasteiger partial charge in [-0.05, 0) is 42.2 Å². The summed E-state index contributed by atoms with van der Waals surface area (Å²) in [5.41, 5.74) is 1.42. The van der Waals surface area contributed by atoms with Gasteiger partial charge in [-0.3, -0.25) is 0 Å². The molecular weight excluding hydrogens is 359 g/mol. The number of carbonyl (C=O) groups is 1. The van der Waals surface area contributed by atoms with Crippen molar-refractivity contribution in [1.29, 1.82) is 5.26 Å². The maximum absolute atomic E-state index is 12.5. The van der Waals surface area contributed by atoms with E-state index in [4.69, 9.17) is 5.26 Å². The number of rotatable bonds is 4. The molecule has 0 aromatic heterocycles. The van der Waals surface area contributed by atoms with Gasteiger partial charge in [-0.1, -0.05) is 24.3 Å². The van der Waals surface area contributed by atoms with Gasteiger partial charge in [-0.2, -0.15) is 5.26 Å². The second kappa shape index (κ2) is 7.58. The van der Waals surface area contributed by atoms with Crippen molar-refractivity contribution in [1.82, 2.24) is 4.90 Å². The highest BCUT2D eigenvalue weighted by molar-refractivity contribution is 5.90. The van der Waals surface area contributed by atoms with Gasteiger partial charge in [0.15, 0.2) is 0 Å². The highest BCUT2D eigenvalue weighted by atomic mass is 19.4. The number of alkyl halides is 3. The zero-order chi connectivity index (χ0) is 19.4. The van der Waals surface area contributed by atoms with Gasteiger partial charge < -0.3 is 15.0 Å². The molecule has 0 bridgehead atoms. The highest BCUT2D eigenvalue weighted by Crippen LogP contribution is 2.30. The van der Waals surface area contributed by atoms with Crippen LogP contribution in [0, 0.1) is 17.2 Å². The quantitative estimate of drug-likeness (QED) is 0.873. The second-order valence-electron chi connectivity index (χ2n) is 6.25. The number of nitriles is 1. The van der Waals surface area contributed by atoms with Crippen LogP contribution in [0.5, 0.6) is 5.75 Å². The number of hydrogen-bond acceptors (Lipinski definition) is 3. The number of hydrogen-bond donors (Lipinski definition) is 1. The van der Waals surface area contributed by atoms with Crippen molar-refractivity contribution in [3.05, 3.63) is 59.7 Å². The van der Waals surface area contributed by atoms with Crippen molar-refractivity contribution in [3.63, 3.8) is 0 Å². The van der Waals surface area contributed by atoms with E-state index in [2.05, 4.69) is 10.1 Å². The van der Waals surface area contributed by atoms with E-state index in [9.17, 15) is 18.0 Å². The summed E-state index contributed by atoms with van der Waals surface area (Å²) in [5, 5.41) is 11.6. The van der Waals surface area contributed by atoms with Gasteiger partial charge in [-0.15, -0.1) is 13.2 Å². The molecule has 27 heavy (non-hydrogen) atoms. The van der Waals surface area contributed by atoms with Crippen LogP contribution >= 0.6 is 0 Å². The molecule has 140 valence electrons. The smallest absolute Gasteiger partial charge is 0.406 e. The molecule has 5 nitrogen and oxygen atoms in total. The monoisotopic (exact) mass is 375 g/mol. The Kier molecular flexibility index (Phi) is 5.21. The zero-order valence-electron chi connectivity index (χ0n) is 14.2. The molecule has 1 fully saturated rings. The van der Waals surface area contributed by atoms with Crippen molar-refractivity contribution >= 4 is 11.7 Å². The Morgan fingerprint density at radius 3 is 2.67 bits per heavy atom. The Labute approximate surface area is 154 Å². The molecule has 1 heterocycles. The topological polar surface area (TPSA) is 65.4 Å². The van der Waals surface area contributed by atoms with Crippen LogP contribution in [0.25, 0.3) is 0 Å². The van der Waals surface area contributed by atoms with Crippen molar-refractivity contribution in [3.8, 4) is 11.8 Å². The summed E-state index contributed by atoms with van der Waals surface area (Å²) in [7, 11) is 0. The predicted octanol–water partition coefficient (Wildman–Crippen LogP) is 4.16. The fourth-order valence-electron chi connectivity index (χ4n) is 2.94. The number of para-hydroxylation sites is 1. The van der Waals surface area contributed by atoms with E-state index < -0.39 is 6.36 Å². The molecule has 0 saturated carbocycles. The minimum atomic E-state index is -4.74. The molecule has 0 atom stereocenters. The first-order valence-corrected chi connectivity index (χ1v) is 8.24. The maximum atomic E-state index is 12.5. The summed E-state index contributed by atoms with van der Waals surface area (Å²) in [6, 6.07) is 14.3. The number of likely N-dealkylation sites (tertiary alicyclic amines) is 1. The van der Waals surface area contributed by atoms with E-state index in [1.165, 1.54) is 12.1 Å². The Hall–Kier alpha value is -3.21. The molecule has 1 aliphatic rings. The first kappa shape index (κ1) is 18.6. The summed E-state index contributed by atoms with van der Waals surface area (Å²) < 4.78 is 41.5. The van der Waals surface area contributed by atoms with Crippen LogP contribution in [0.2, 0.25) is 0 Å². The van der Waals surface area contributed by atoms with Gasteiger partial charge in [0.1, 0.15) is 5.75 Å². The number of amides is 2. The second-order valence-corrected chi connectivity index (χ2v) is 6.25. The number of benzene rings is 2. The molecule has 0 spiro atoms. The molecule has 2 aromatic rings. The lowest BCUT2D eigenvalue weighted by Gasteiger charge is -2.39. The lowest BCUT2D eigenvalue weighted by Crippen LogP contribution is -2.52. The lowest BCUT2D eigenvalue weighted by molar-refractivity contribution is -0.274. The molecule has 8 heteroatoms. The van der Waals surface area contributed by atoms with Crippen LogP contribution in [0.15, 0.2) is 48.5 Å². The third-order valence-corrected chi connectivity index (χ3v) is 4.19. The Morgan fingerprint density at radius 1 is 1.22 bits per heavy atom. The minimum absolute atomic E-state index is 0.0548. The molecule has 2 amide bonds. The Bertz CT molecular complexity index is 871. The number of nitrogens with zero attached hydrogens (tertiary/aromatic N) is 2. The van der Waals surface area contributed by atoms with Crippen molar-refractivity contribution < 1.29 is 22.7 Å². The van der Waals surface area contributed by atoms with Crippen molar-refractivity contribution in [2.45, 2.75) is 12.8 Å². The van der Waals surface area contributed by atoms with E-state index in [1.54, 1.807) is 41.3 Å². The van der Waals surface area contributed by atoms with E-state index in [0.29, 0.717) is 36.3 Å². The summed E-state index contributed by atoms with van der Waals surface area (Å²) in [6.07, 6.45) is -4.35. The number of nitrogens with one attached hydrogen (secondary N) is 1. The average molecular weight is 375 g/mol. The fourth-order valence-corrected chi connectivity index (χ4v) is 2.94. The normalized spacial score (nSPS) is 14.2. The van der Waals surface area contributed by atoms with Gasteiger partial charge in [0, 0.05) is 18.8 Å². The SMILES string of the molecule is N#Cc1cccc(NC(=O)N2CC(Cc3ccccc3OC(F)(F)F)C2)c1. The molecule has 2 aromatic carbocycles. The summed E-state index contributed by atoms with van der Waals surface area (Å²) in [5.74, 6) is -0.152. The van der Waals surface area contributed by atoms with E-state index >= 15 is 0 Å². The zero-order valence-corrected chi connectivity index (χ0v) is 14.2. The molecule has 0 unspecified atom stereocenters. The molecule has 3 rings (SSSR count). The third-order valence-electron chi connectivity index (χ3n) is 4.19. The van der Waals surface area contributed by atoms with Crippen LogP contribution < -0.4 is 10.1 Å². The molecule has 1 aliphatic heterocycles. The van der Waals surface area contributed by atoms with Gasteiger partial charge >= 0.3 is 12.4 Å². The van der Waals surface area contributed by atoms with Gasteiger partial charge in [0.05, 0.1) is 11.6 Å². The van der Waals surface area contributed by atoms with Crippen molar-refractivity contribution in [2.75, 3.05) is 18.4 Å². The van der Waals surface area contributed by atoms with Crippen LogP contribution in [-0.4, -0.2) is 30.4 Å². The largest absolute Gasteiger partial charge is 0.573 e. The van der Waals surface area contributed by atoms with Crippen LogP contribution in [0.3, 0.4) is 0 Å². The highest BCUT2D eigenvalue weighted by Gasteiger charge is 2.34. The van der Waals surface area contributed by atoms with Crippen LogP contribution in [0.1, 0.15) is 11.1 Å². The van der Waals surface area contributed by atoms with E-state index in [0.717, 1.165) is 0 Å². The third kappa shape index (κ3) is 4.91. The predicted molar refractivity (Wildman–Crippen MR) is 92.1 cm³/mol. The van der Waals surface area contributed by atoms with Crippen LogP contribution in [0.4, 0.5) is 23.7 Å². The first-order valence-electron chi connectivity index (χ1n) is 8.24. The lowest BCUT2D eigenvalue weighted by atomic mass is 9.92. The average Bonchev–Trinajstić information content (AvgIpc) is 2.57. The minimum Gasteiger partial charge on any atom is -0.406 e. The maximum Gasteiger partial charge on any atom is 0.573 e. The number of carbonyl (C=O) groups excluding carboxylic acids is 1. The number of halogens is 3. The summed E-state index contributed by atoms with van der Waals surface area (Å²) >= 11 is 0.